The second-order valence-electron chi connectivity index (χ2n) is 5.17. The van der Waals surface area contributed by atoms with Gasteiger partial charge in [-0.25, -0.2) is 0 Å². The predicted molar refractivity (Wildman–Crippen MR) is 75.4 cm³/mol. The number of thioether (sulfide) groups is 1. The third-order valence-corrected chi connectivity index (χ3v) is 4.41. The van der Waals surface area contributed by atoms with E-state index in [9.17, 15) is 0 Å². The Morgan fingerprint density at radius 2 is 1.82 bits per heavy atom. The van der Waals surface area contributed by atoms with E-state index in [-0.39, 0.29) is 0 Å². The first kappa shape index (κ1) is 12.9. The zero-order valence-corrected chi connectivity index (χ0v) is 11.7. The van der Waals surface area contributed by atoms with Crippen LogP contribution in [0.15, 0.2) is 29.2 Å². The highest BCUT2D eigenvalue weighted by Gasteiger charge is 2.34. The first-order valence-electron chi connectivity index (χ1n) is 6.17. The molecule has 17 heavy (non-hydrogen) atoms. The van der Waals surface area contributed by atoms with E-state index in [0.29, 0.717) is 12.1 Å². The van der Waals surface area contributed by atoms with Gasteiger partial charge in [0.15, 0.2) is 0 Å². The Balaban J connectivity index is 2.14. The summed E-state index contributed by atoms with van der Waals surface area (Å²) >= 11 is 1.79. The quantitative estimate of drug-likeness (QED) is 0.833. The van der Waals surface area contributed by atoms with Crippen molar-refractivity contribution >= 4 is 11.8 Å². The van der Waals surface area contributed by atoms with Crippen LogP contribution in [-0.2, 0) is 0 Å². The average molecular weight is 250 g/mol. The lowest BCUT2D eigenvalue weighted by atomic mass is 9.73. The molecule has 1 aromatic rings. The van der Waals surface area contributed by atoms with Crippen LogP contribution in [0, 0.1) is 5.92 Å². The van der Waals surface area contributed by atoms with Gasteiger partial charge in [0.05, 0.1) is 0 Å². The molecule has 0 amide bonds. The van der Waals surface area contributed by atoms with Gasteiger partial charge >= 0.3 is 0 Å². The monoisotopic (exact) mass is 250 g/mol. The molecule has 2 N–H and O–H groups in total. The lowest BCUT2D eigenvalue weighted by Crippen LogP contribution is -2.43. The Morgan fingerprint density at radius 3 is 2.24 bits per heavy atom. The summed E-state index contributed by atoms with van der Waals surface area (Å²) in [5, 5.41) is 0. The maximum absolute atomic E-state index is 5.91. The van der Waals surface area contributed by atoms with Gasteiger partial charge in [-0.2, -0.15) is 0 Å². The molecule has 2 rings (SSSR count). The standard InChI is InChI=1S/C14H22N2S/c1-16(2)14(11-8-12(15)9-11)10-4-6-13(17-3)7-5-10/h4-7,11-12,14H,8-9,15H2,1-3H3. The first-order chi connectivity index (χ1) is 8.11. The van der Waals surface area contributed by atoms with Crippen LogP contribution < -0.4 is 5.73 Å². The molecule has 1 aliphatic rings. The van der Waals surface area contributed by atoms with Crippen molar-refractivity contribution in [1.82, 2.24) is 4.90 Å². The van der Waals surface area contributed by atoms with E-state index in [1.807, 2.05) is 0 Å². The minimum atomic E-state index is 0.424. The van der Waals surface area contributed by atoms with Gasteiger partial charge in [0.25, 0.3) is 0 Å². The van der Waals surface area contributed by atoms with Crippen molar-refractivity contribution in [2.75, 3.05) is 20.4 Å². The van der Waals surface area contributed by atoms with Gasteiger partial charge in [-0.05, 0) is 56.8 Å². The van der Waals surface area contributed by atoms with Crippen LogP contribution in [0.2, 0.25) is 0 Å². The van der Waals surface area contributed by atoms with Crippen molar-refractivity contribution in [3.05, 3.63) is 29.8 Å². The second kappa shape index (κ2) is 5.42. The van der Waals surface area contributed by atoms with Crippen molar-refractivity contribution in [3.63, 3.8) is 0 Å². The number of benzene rings is 1. The van der Waals surface area contributed by atoms with Crippen LogP contribution in [0.3, 0.4) is 0 Å². The minimum absolute atomic E-state index is 0.424. The van der Waals surface area contributed by atoms with Crippen molar-refractivity contribution in [3.8, 4) is 0 Å². The largest absolute Gasteiger partial charge is 0.328 e. The number of nitrogens with zero attached hydrogens (tertiary/aromatic N) is 1. The normalized spacial score (nSPS) is 25.7. The zero-order chi connectivity index (χ0) is 12.4. The number of rotatable bonds is 4. The van der Waals surface area contributed by atoms with E-state index in [1.165, 1.54) is 10.5 Å². The van der Waals surface area contributed by atoms with Crippen LogP contribution in [0.4, 0.5) is 0 Å². The van der Waals surface area contributed by atoms with Gasteiger partial charge < -0.3 is 10.6 Å². The van der Waals surface area contributed by atoms with Gasteiger partial charge in [-0.3, -0.25) is 0 Å². The van der Waals surface area contributed by atoms with E-state index in [2.05, 4.69) is 49.5 Å². The summed E-state index contributed by atoms with van der Waals surface area (Å²) in [6.45, 7) is 0. The Morgan fingerprint density at radius 1 is 1.24 bits per heavy atom. The smallest absolute Gasteiger partial charge is 0.0371 e. The summed E-state index contributed by atoms with van der Waals surface area (Å²) in [5.74, 6) is 0.722. The molecule has 3 heteroatoms. The average Bonchev–Trinajstić information content (AvgIpc) is 2.27. The highest BCUT2D eigenvalue weighted by atomic mass is 32.2. The lowest BCUT2D eigenvalue weighted by molar-refractivity contribution is 0.123. The molecule has 0 bridgehead atoms. The number of nitrogens with two attached hydrogens (primary N) is 1. The molecule has 94 valence electrons. The Labute approximate surface area is 109 Å². The molecule has 1 atom stereocenters. The van der Waals surface area contributed by atoms with Gasteiger partial charge in [0, 0.05) is 17.0 Å². The summed E-state index contributed by atoms with van der Waals surface area (Å²) in [6.07, 6.45) is 4.43. The van der Waals surface area contributed by atoms with Crippen molar-refractivity contribution in [2.45, 2.75) is 29.8 Å². The SMILES string of the molecule is CSc1ccc(C(C2CC(N)C2)N(C)C)cc1. The van der Waals surface area contributed by atoms with Gasteiger partial charge in [0.1, 0.15) is 0 Å². The highest BCUT2D eigenvalue weighted by Crippen LogP contribution is 2.40. The topological polar surface area (TPSA) is 29.3 Å². The predicted octanol–water partition coefficient (Wildman–Crippen LogP) is 2.75. The van der Waals surface area contributed by atoms with Crippen LogP contribution in [0.25, 0.3) is 0 Å². The molecule has 0 aromatic heterocycles. The van der Waals surface area contributed by atoms with Crippen LogP contribution in [0.5, 0.6) is 0 Å². The molecule has 0 saturated heterocycles. The molecule has 0 aliphatic heterocycles. The number of hydrogen-bond acceptors (Lipinski definition) is 3. The van der Waals surface area contributed by atoms with E-state index in [4.69, 9.17) is 5.73 Å². The highest BCUT2D eigenvalue weighted by molar-refractivity contribution is 7.98. The maximum atomic E-state index is 5.91. The van der Waals surface area contributed by atoms with Crippen molar-refractivity contribution in [1.29, 1.82) is 0 Å². The fourth-order valence-electron chi connectivity index (χ4n) is 2.76. The molecule has 1 saturated carbocycles. The van der Waals surface area contributed by atoms with Crippen LogP contribution in [0.1, 0.15) is 24.4 Å². The molecular formula is C14H22N2S. The minimum Gasteiger partial charge on any atom is -0.328 e. The Bertz CT molecular complexity index is 355. The third-order valence-electron chi connectivity index (χ3n) is 3.67. The van der Waals surface area contributed by atoms with E-state index in [0.717, 1.165) is 18.8 Å². The first-order valence-corrected chi connectivity index (χ1v) is 7.40. The Hall–Kier alpha value is -0.510. The molecule has 1 aromatic carbocycles. The molecule has 2 nitrogen and oxygen atoms in total. The number of hydrogen-bond donors (Lipinski definition) is 1. The summed E-state index contributed by atoms with van der Waals surface area (Å²) in [4.78, 5) is 3.65. The van der Waals surface area contributed by atoms with E-state index >= 15 is 0 Å². The van der Waals surface area contributed by atoms with Gasteiger partial charge in [0.2, 0.25) is 0 Å². The molecule has 0 radical (unpaired) electrons. The van der Waals surface area contributed by atoms with Crippen LogP contribution in [-0.4, -0.2) is 31.3 Å². The lowest BCUT2D eigenvalue weighted by Gasteiger charge is -2.41. The van der Waals surface area contributed by atoms with E-state index in [1.54, 1.807) is 11.8 Å². The zero-order valence-electron chi connectivity index (χ0n) is 10.9. The fraction of sp³-hybridized carbons (Fsp3) is 0.571. The summed E-state index contributed by atoms with van der Waals surface area (Å²) in [6, 6.07) is 9.91. The van der Waals surface area contributed by atoms with Crippen molar-refractivity contribution < 1.29 is 0 Å². The fourth-order valence-corrected chi connectivity index (χ4v) is 3.17. The van der Waals surface area contributed by atoms with Gasteiger partial charge in [-0.15, -0.1) is 11.8 Å². The van der Waals surface area contributed by atoms with Gasteiger partial charge in [-0.1, -0.05) is 12.1 Å². The Kier molecular flexibility index (Phi) is 4.13. The van der Waals surface area contributed by atoms with Crippen molar-refractivity contribution in [2.24, 2.45) is 11.7 Å². The molecule has 1 fully saturated rings. The summed E-state index contributed by atoms with van der Waals surface area (Å²) in [5.41, 5.74) is 7.33. The molecular weight excluding hydrogens is 228 g/mol. The molecule has 0 spiro atoms. The third kappa shape index (κ3) is 2.84. The summed E-state index contributed by atoms with van der Waals surface area (Å²) in [7, 11) is 4.33. The maximum Gasteiger partial charge on any atom is 0.0371 e. The molecule has 1 unspecified atom stereocenters. The molecule has 1 aliphatic carbocycles. The second-order valence-corrected chi connectivity index (χ2v) is 6.05. The summed E-state index contributed by atoms with van der Waals surface area (Å²) < 4.78 is 0. The van der Waals surface area contributed by atoms with E-state index < -0.39 is 0 Å². The van der Waals surface area contributed by atoms with Crippen LogP contribution >= 0.6 is 11.8 Å². The molecule has 0 heterocycles.